The lowest BCUT2D eigenvalue weighted by molar-refractivity contribution is -0.384. The molecule has 1 rings (SSSR count). The van der Waals surface area contributed by atoms with Gasteiger partial charge in [0.1, 0.15) is 0 Å². The van der Waals surface area contributed by atoms with Gasteiger partial charge in [-0.25, -0.2) is 0 Å². The summed E-state index contributed by atoms with van der Waals surface area (Å²) in [5, 5.41) is 10.6. The van der Waals surface area contributed by atoms with Crippen molar-refractivity contribution in [3.8, 4) is 0 Å². The fourth-order valence-corrected chi connectivity index (χ4v) is 1.33. The number of rotatable bonds is 2. The molecular formula is C11H13NO2. The van der Waals surface area contributed by atoms with Crippen molar-refractivity contribution < 1.29 is 4.92 Å². The first-order valence-corrected chi connectivity index (χ1v) is 4.44. The first-order chi connectivity index (χ1) is 6.56. The Labute approximate surface area is 83.2 Å². The van der Waals surface area contributed by atoms with Crippen molar-refractivity contribution in [2.24, 2.45) is 0 Å². The van der Waals surface area contributed by atoms with E-state index in [9.17, 15) is 10.1 Å². The summed E-state index contributed by atoms with van der Waals surface area (Å²) in [4.78, 5) is 10.2. The fraction of sp³-hybridized carbons (Fsp3) is 0.273. The van der Waals surface area contributed by atoms with Gasteiger partial charge in [0.2, 0.25) is 0 Å². The molecule has 74 valence electrons. The normalized spacial score (nSPS) is 10.8. The highest BCUT2D eigenvalue weighted by Crippen LogP contribution is 2.22. The molecule has 14 heavy (non-hydrogen) atoms. The molecule has 1 aromatic rings. The van der Waals surface area contributed by atoms with Crippen LogP contribution in [0.4, 0.5) is 5.69 Å². The number of nitro benzene ring substituents is 1. The predicted octanol–water partition coefficient (Wildman–Crippen LogP) is 3.24. The van der Waals surface area contributed by atoms with Crippen LogP contribution >= 0.6 is 0 Å². The fourth-order valence-electron chi connectivity index (χ4n) is 1.33. The predicted molar refractivity (Wildman–Crippen MR) is 57.3 cm³/mol. The Bertz CT molecular complexity index is 395. The average Bonchev–Trinajstić information content (AvgIpc) is 2.12. The number of aryl methyl sites for hydroxylation is 1. The average molecular weight is 191 g/mol. The minimum absolute atomic E-state index is 0.154. The molecule has 0 heterocycles. The van der Waals surface area contributed by atoms with Crippen molar-refractivity contribution in [2.75, 3.05) is 0 Å². The van der Waals surface area contributed by atoms with E-state index in [2.05, 4.69) is 0 Å². The van der Waals surface area contributed by atoms with Gasteiger partial charge in [0.25, 0.3) is 5.69 Å². The molecule has 0 bridgehead atoms. The first-order valence-electron chi connectivity index (χ1n) is 4.44. The molecule has 3 heteroatoms. The lowest BCUT2D eigenvalue weighted by atomic mass is 10.0. The van der Waals surface area contributed by atoms with Gasteiger partial charge < -0.3 is 0 Å². The number of hydrogen-bond donors (Lipinski definition) is 0. The van der Waals surface area contributed by atoms with Crippen molar-refractivity contribution in [1.82, 2.24) is 0 Å². The maximum atomic E-state index is 10.6. The Morgan fingerprint density at radius 2 is 2.00 bits per heavy atom. The molecule has 0 radical (unpaired) electrons. The monoisotopic (exact) mass is 191 g/mol. The number of non-ortho nitro benzene ring substituents is 1. The molecule has 0 aliphatic rings. The minimum atomic E-state index is -0.362. The van der Waals surface area contributed by atoms with Crippen LogP contribution in [0.2, 0.25) is 0 Å². The Morgan fingerprint density at radius 3 is 2.50 bits per heavy atom. The number of allylic oxidation sites excluding steroid dienone is 1. The summed E-state index contributed by atoms with van der Waals surface area (Å²) in [5.74, 6) is 0. The maximum Gasteiger partial charge on any atom is 0.270 e. The molecule has 0 atom stereocenters. The van der Waals surface area contributed by atoms with E-state index in [1.807, 2.05) is 32.9 Å². The van der Waals surface area contributed by atoms with Crippen LogP contribution in [0.3, 0.4) is 0 Å². The van der Waals surface area contributed by atoms with Crippen LogP contribution in [-0.4, -0.2) is 4.92 Å². The van der Waals surface area contributed by atoms with E-state index in [1.54, 1.807) is 12.1 Å². The van der Waals surface area contributed by atoms with Crippen LogP contribution in [0.1, 0.15) is 23.6 Å². The van der Waals surface area contributed by atoms with Crippen LogP contribution in [0.5, 0.6) is 0 Å². The van der Waals surface area contributed by atoms with Gasteiger partial charge in [-0.15, -0.1) is 0 Å². The zero-order valence-corrected chi connectivity index (χ0v) is 8.57. The topological polar surface area (TPSA) is 43.1 Å². The molecule has 0 aromatic heterocycles. The van der Waals surface area contributed by atoms with E-state index < -0.39 is 0 Å². The number of nitrogens with zero attached hydrogens (tertiary/aromatic N) is 1. The van der Waals surface area contributed by atoms with Crippen LogP contribution in [-0.2, 0) is 0 Å². The second kappa shape index (κ2) is 4.05. The van der Waals surface area contributed by atoms with Gasteiger partial charge in [-0.3, -0.25) is 10.1 Å². The molecule has 0 spiro atoms. The van der Waals surface area contributed by atoms with Crippen LogP contribution in [0.25, 0.3) is 6.08 Å². The van der Waals surface area contributed by atoms with Crippen LogP contribution < -0.4 is 0 Å². The summed E-state index contributed by atoms with van der Waals surface area (Å²) in [7, 11) is 0. The van der Waals surface area contributed by atoms with E-state index in [0.717, 1.165) is 16.7 Å². The molecule has 0 aliphatic heterocycles. The molecular weight excluding hydrogens is 178 g/mol. The van der Waals surface area contributed by atoms with Crippen molar-refractivity contribution in [3.63, 3.8) is 0 Å². The highest BCUT2D eigenvalue weighted by Gasteiger charge is 2.09. The minimum Gasteiger partial charge on any atom is -0.258 e. The molecule has 0 saturated carbocycles. The third-order valence-electron chi connectivity index (χ3n) is 2.25. The molecule has 0 amide bonds. The van der Waals surface area contributed by atoms with Gasteiger partial charge in [0.15, 0.2) is 0 Å². The van der Waals surface area contributed by atoms with E-state index in [1.165, 1.54) is 0 Å². The Hall–Kier alpha value is -1.64. The van der Waals surface area contributed by atoms with E-state index in [0.29, 0.717) is 0 Å². The second-order valence-corrected chi connectivity index (χ2v) is 3.23. The third kappa shape index (κ3) is 1.99. The van der Waals surface area contributed by atoms with E-state index >= 15 is 0 Å². The van der Waals surface area contributed by atoms with Crippen LogP contribution in [0, 0.1) is 24.0 Å². The molecule has 3 nitrogen and oxygen atoms in total. The smallest absolute Gasteiger partial charge is 0.258 e. The molecule has 0 aliphatic carbocycles. The summed E-state index contributed by atoms with van der Waals surface area (Å²) in [6, 6.07) is 3.20. The highest BCUT2D eigenvalue weighted by atomic mass is 16.6. The summed E-state index contributed by atoms with van der Waals surface area (Å²) in [6.45, 7) is 5.75. The zero-order chi connectivity index (χ0) is 10.7. The molecule has 0 N–H and O–H groups in total. The van der Waals surface area contributed by atoms with Crippen molar-refractivity contribution >= 4 is 11.8 Å². The third-order valence-corrected chi connectivity index (χ3v) is 2.25. The lowest BCUT2D eigenvalue weighted by Crippen LogP contribution is -1.93. The quantitative estimate of drug-likeness (QED) is 0.532. The van der Waals surface area contributed by atoms with Crippen molar-refractivity contribution in [1.29, 1.82) is 0 Å². The second-order valence-electron chi connectivity index (χ2n) is 3.23. The summed E-state index contributed by atoms with van der Waals surface area (Å²) in [6.07, 6.45) is 3.76. The molecule has 0 fully saturated rings. The zero-order valence-electron chi connectivity index (χ0n) is 8.57. The number of nitro groups is 1. The molecule has 1 aromatic carbocycles. The summed E-state index contributed by atoms with van der Waals surface area (Å²) in [5.41, 5.74) is 3.11. The molecule has 0 saturated heterocycles. The number of benzene rings is 1. The van der Waals surface area contributed by atoms with Gasteiger partial charge in [-0.2, -0.15) is 0 Å². The standard InChI is InChI=1S/C11H13NO2/c1-4-5-10-7-11(12(13)14)6-8(2)9(10)3/h4-7H,1-3H3/b5-4-. The van der Waals surface area contributed by atoms with E-state index in [4.69, 9.17) is 0 Å². The summed E-state index contributed by atoms with van der Waals surface area (Å²) >= 11 is 0. The largest absolute Gasteiger partial charge is 0.270 e. The van der Waals surface area contributed by atoms with Gasteiger partial charge >= 0.3 is 0 Å². The SMILES string of the molecule is C/C=C\c1cc([N+](=O)[O-])cc(C)c1C. The van der Waals surface area contributed by atoms with Gasteiger partial charge in [-0.05, 0) is 37.5 Å². The Balaban J connectivity index is 3.35. The van der Waals surface area contributed by atoms with E-state index in [-0.39, 0.29) is 10.6 Å². The maximum absolute atomic E-state index is 10.6. The van der Waals surface area contributed by atoms with Crippen molar-refractivity contribution in [2.45, 2.75) is 20.8 Å². The highest BCUT2D eigenvalue weighted by molar-refractivity contribution is 5.59. The van der Waals surface area contributed by atoms with Crippen molar-refractivity contribution in [3.05, 3.63) is 45.0 Å². The van der Waals surface area contributed by atoms with Gasteiger partial charge in [0, 0.05) is 12.1 Å². The van der Waals surface area contributed by atoms with Crippen LogP contribution in [0.15, 0.2) is 18.2 Å². The summed E-state index contributed by atoms with van der Waals surface area (Å²) < 4.78 is 0. The Morgan fingerprint density at radius 1 is 1.36 bits per heavy atom. The lowest BCUT2D eigenvalue weighted by Gasteiger charge is -2.04. The molecule has 0 unspecified atom stereocenters. The first kappa shape index (κ1) is 10.4. The number of hydrogen-bond acceptors (Lipinski definition) is 2. The van der Waals surface area contributed by atoms with Gasteiger partial charge in [-0.1, -0.05) is 12.2 Å². The van der Waals surface area contributed by atoms with Gasteiger partial charge in [0.05, 0.1) is 4.92 Å². The Kier molecular flexibility index (Phi) is 3.02.